The highest BCUT2D eigenvalue weighted by Gasteiger charge is 2.17. The molecule has 0 atom stereocenters. The molecule has 7 heteroatoms. The zero-order valence-electron chi connectivity index (χ0n) is 15.0. The molecule has 0 spiro atoms. The highest BCUT2D eigenvalue weighted by molar-refractivity contribution is 6.30. The fourth-order valence-corrected chi connectivity index (χ4v) is 3.26. The molecular formula is C20H21ClN2O4. The molecule has 0 radical (unpaired) electrons. The van der Waals surface area contributed by atoms with Crippen molar-refractivity contribution in [1.82, 2.24) is 9.97 Å². The minimum atomic E-state index is -1.01. The van der Waals surface area contributed by atoms with E-state index < -0.39 is 5.97 Å². The predicted octanol–water partition coefficient (Wildman–Crippen LogP) is 4.45. The number of aliphatic hydroxyl groups excluding tert-OH is 1. The molecule has 3 rings (SSSR count). The van der Waals surface area contributed by atoms with Gasteiger partial charge in [-0.1, -0.05) is 37.1 Å². The molecule has 2 heterocycles. The molecule has 0 aliphatic heterocycles. The summed E-state index contributed by atoms with van der Waals surface area (Å²) < 4.78 is 5.42. The Bertz CT molecular complexity index is 945. The SMILES string of the molecule is CCCCc1cc(-c2occc2C(=O)O)ccc1Cc1nc(Cl)c(CO)[nH]1. The molecule has 0 amide bonds. The first kappa shape index (κ1) is 19.2. The minimum Gasteiger partial charge on any atom is -0.478 e. The monoisotopic (exact) mass is 388 g/mol. The van der Waals surface area contributed by atoms with Crippen LogP contribution in [0, 0.1) is 0 Å². The smallest absolute Gasteiger partial charge is 0.339 e. The van der Waals surface area contributed by atoms with Crippen LogP contribution in [0.4, 0.5) is 0 Å². The summed E-state index contributed by atoms with van der Waals surface area (Å²) in [5.41, 5.74) is 3.57. The van der Waals surface area contributed by atoms with Crippen LogP contribution in [-0.2, 0) is 19.4 Å². The third kappa shape index (κ3) is 4.23. The van der Waals surface area contributed by atoms with Gasteiger partial charge in [-0.2, -0.15) is 0 Å². The van der Waals surface area contributed by atoms with Crippen molar-refractivity contribution >= 4 is 17.6 Å². The lowest BCUT2D eigenvalue weighted by Gasteiger charge is -2.11. The molecule has 0 saturated carbocycles. The van der Waals surface area contributed by atoms with Crippen LogP contribution in [0.1, 0.15) is 52.8 Å². The van der Waals surface area contributed by atoms with Gasteiger partial charge >= 0.3 is 5.97 Å². The number of aromatic nitrogens is 2. The van der Waals surface area contributed by atoms with E-state index in [-0.39, 0.29) is 17.3 Å². The van der Waals surface area contributed by atoms with Crippen LogP contribution in [0.25, 0.3) is 11.3 Å². The molecule has 0 bridgehead atoms. The van der Waals surface area contributed by atoms with E-state index in [2.05, 4.69) is 16.9 Å². The maximum atomic E-state index is 11.4. The van der Waals surface area contributed by atoms with E-state index in [1.807, 2.05) is 18.2 Å². The van der Waals surface area contributed by atoms with Crippen LogP contribution in [-0.4, -0.2) is 26.2 Å². The first-order valence-corrected chi connectivity index (χ1v) is 9.18. The number of aromatic amines is 1. The number of carbonyl (C=O) groups is 1. The predicted molar refractivity (Wildman–Crippen MR) is 102 cm³/mol. The van der Waals surface area contributed by atoms with Crippen molar-refractivity contribution in [3.8, 4) is 11.3 Å². The summed E-state index contributed by atoms with van der Waals surface area (Å²) >= 11 is 6.00. The highest BCUT2D eigenvalue weighted by atomic mass is 35.5. The van der Waals surface area contributed by atoms with Crippen LogP contribution >= 0.6 is 11.6 Å². The molecule has 6 nitrogen and oxygen atoms in total. The molecule has 0 aliphatic carbocycles. The van der Waals surface area contributed by atoms with Crippen molar-refractivity contribution in [3.63, 3.8) is 0 Å². The van der Waals surface area contributed by atoms with Crippen LogP contribution in [0.5, 0.6) is 0 Å². The van der Waals surface area contributed by atoms with Gasteiger partial charge in [-0.3, -0.25) is 0 Å². The van der Waals surface area contributed by atoms with Gasteiger partial charge in [-0.15, -0.1) is 0 Å². The molecule has 3 aromatic rings. The number of benzene rings is 1. The number of H-pyrrole nitrogens is 1. The Morgan fingerprint density at radius 3 is 2.78 bits per heavy atom. The lowest BCUT2D eigenvalue weighted by Crippen LogP contribution is -2.00. The van der Waals surface area contributed by atoms with Crippen molar-refractivity contribution in [2.75, 3.05) is 0 Å². The maximum absolute atomic E-state index is 11.4. The largest absolute Gasteiger partial charge is 0.478 e. The standard InChI is InChI=1S/C20H21ClN2O4/c1-2-3-4-12-9-14(18-15(20(25)26)7-8-27-18)6-5-13(12)10-17-22-16(11-24)19(21)23-17/h5-9,24H,2-4,10-11H2,1H3,(H,22,23)(H,25,26). The maximum Gasteiger partial charge on any atom is 0.339 e. The van der Waals surface area contributed by atoms with E-state index in [1.54, 1.807) is 0 Å². The summed E-state index contributed by atoms with van der Waals surface area (Å²) in [5.74, 6) is 0.0221. The average Bonchev–Trinajstić information content (AvgIpc) is 3.27. The Morgan fingerprint density at radius 2 is 2.11 bits per heavy atom. The van der Waals surface area contributed by atoms with Crippen molar-refractivity contribution in [3.05, 3.63) is 63.9 Å². The van der Waals surface area contributed by atoms with Crippen molar-refractivity contribution in [2.24, 2.45) is 0 Å². The topological polar surface area (TPSA) is 99.3 Å². The number of aromatic carboxylic acids is 1. The van der Waals surface area contributed by atoms with E-state index in [4.69, 9.17) is 16.0 Å². The van der Waals surface area contributed by atoms with Crippen molar-refractivity contribution < 1.29 is 19.4 Å². The summed E-state index contributed by atoms with van der Waals surface area (Å²) in [6.07, 6.45) is 4.86. The molecule has 27 heavy (non-hydrogen) atoms. The summed E-state index contributed by atoms with van der Waals surface area (Å²) in [6, 6.07) is 7.25. The van der Waals surface area contributed by atoms with Gasteiger partial charge in [0.05, 0.1) is 18.6 Å². The van der Waals surface area contributed by atoms with E-state index in [9.17, 15) is 15.0 Å². The number of hydrogen-bond donors (Lipinski definition) is 3. The second-order valence-corrected chi connectivity index (χ2v) is 6.70. The summed E-state index contributed by atoms with van der Waals surface area (Å²) in [6.45, 7) is 1.93. The fraction of sp³-hybridized carbons (Fsp3) is 0.300. The second kappa shape index (κ2) is 8.41. The van der Waals surface area contributed by atoms with E-state index in [0.717, 1.165) is 36.0 Å². The number of furan rings is 1. The van der Waals surface area contributed by atoms with Gasteiger partial charge in [0.25, 0.3) is 0 Å². The third-order valence-electron chi connectivity index (χ3n) is 4.46. The molecule has 0 aliphatic rings. The number of aryl methyl sites for hydroxylation is 1. The zero-order valence-corrected chi connectivity index (χ0v) is 15.7. The van der Waals surface area contributed by atoms with Crippen LogP contribution < -0.4 is 0 Å². The van der Waals surface area contributed by atoms with E-state index >= 15 is 0 Å². The fourth-order valence-electron chi connectivity index (χ4n) is 3.05. The Labute approximate surface area is 161 Å². The molecular weight excluding hydrogens is 368 g/mol. The summed E-state index contributed by atoms with van der Waals surface area (Å²) in [7, 11) is 0. The number of aliphatic hydroxyl groups is 1. The average molecular weight is 389 g/mol. The number of halogens is 1. The lowest BCUT2D eigenvalue weighted by molar-refractivity contribution is 0.0697. The third-order valence-corrected chi connectivity index (χ3v) is 4.77. The number of carboxylic acid groups (broad SMARTS) is 1. The van der Waals surface area contributed by atoms with Crippen LogP contribution in [0.3, 0.4) is 0 Å². The Morgan fingerprint density at radius 1 is 1.30 bits per heavy atom. The minimum absolute atomic E-state index is 0.148. The molecule has 0 saturated heterocycles. The van der Waals surface area contributed by atoms with Gasteiger partial charge in [0.15, 0.2) is 5.15 Å². The number of imidazole rings is 1. The number of carboxylic acids is 1. The summed E-state index contributed by atoms with van der Waals surface area (Å²) in [4.78, 5) is 18.7. The number of hydrogen-bond acceptors (Lipinski definition) is 4. The number of unbranched alkanes of at least 4 members (excludes halogenated alkanes) is 1. The quantitative estimate of drug-likeness (QED) is 0.529. The van der Waals surface area contributed by atoms with Crippen molar-refractivity contribution in [1.29, 1.82) is 0 Å². The van der Waals surface area contributed by atoms with Crippen LogP contribution in [0.2, 0.25) is 5.15 Å². The van der Waals surface area contributed by atoms with Gasteiger partial charge in [0, 0.05) is 12.0 Å². The summed E-state index contributed by atoms with van der Waals surface area (Å²) in [5, 5.41) is 18.9. The van der Waals surface area contributed by atoms with E-state index in [1.165, 1.54) is 12.3 Å². The molecule has 3 N–H and O–H groups in total. The van der Waals surface area contributed by atoms with Gasteiger partial charge in [-0.25, -0.2) is 9.78 Å². The highest BCUT2D eigenvalue weighted by Crippen LogP contribution is 2.29. The zero-order chi connectivity index (χ0) is 19.4. The lowest BCUT2D eigenvalue weighted by atomic mass is 9.95. The van der Waals surface area contributed by atoms with Crippen LogP contribution in [0.15, 0.2) is 34.9 Å². The second-order valence-electron chi connectivity index (χ2n) is 6.34. The molecule has 2 aromatic heterocycles. The van der Waals surface area contributed by atoms with Gasteiger partial charge in [0.1, 0.15) is 17.1 Å². The first-order valence-electron chi connectivity index (χ1n) is 8.80. The molecule has 142 valence electrons. The number of nitrogens with zero attached hydrogens (tertiary/aromatic N) is 1. The Hall–Kier alpha value is -2.57. The number of rotatable bonds is 8. The molecule has 1 aromatic carbocycles. The van der Waals surface area contributed by atoms with Gasteiger partial charge in [-0.05, 0) is 36.1 Å². The van der Waals surface area contributed by atoms with E-state index in [0.29, 0.717) is 23.7 Å². The van der Waals surface area contributed by atoms with Gasteiger partial charge < -0.3 is 19.6 Å². The normalized spacial score (nSPS) is 11.1. The van der Waals surface area contributed by atoms with Gasteiger partial charge in [0.2, 0.25) is 0 Å². The Balaban J connectivity index is 1.96. The Kier molecular flexibility index (Phi) is 5.98. The van der Waals surface area contributed by atoms with Crippen molar-refractivity contribution in [2.45, 2.75) is 39.2 Å². The number of nitrogens with one attached hydrogen (secondary N) is 1. The molecule has 0 fully saturated rings. The first-order chi connectivity index (χ1) is 13.0. The molecule has 0 unspecified atom stereocenters.